The lowest BCUT2D eigenvalue weighted by Gasteiger charge is -1.98. The van der Waals surface area contributed by atoms with Crippen LogP contribution in [0.2, 0.25) is 0 Å². The monoisotopic (exact) mass is 169 g/mol. The predicted octanol–water partition coefficient (Wildman–Crippen LogP) is 2.42. The molecule has 0 fully saturated rings. The summed E-state index contributed by atoms with van der Waals surface area (Å²) in [6.07, 6.45) is 0. The van der Waals surface area contributed by atoms with Crippen molar-refractivity contribution in [3.63, 3.8) is 0 Å². The number of anilines is 1. The molecule has 0 bridgehead atoms. The van der Waals surface area contributed by atoms with Gasteiger partial charge in [0.05, 0.1) is 11.9 Å². The van der Waals surface area contributed by atoms with Crippen LogP contribution >= 0.6 is 11.9 Å². The molecule has 58 valence electrons. The Balaban J connectivity index is 2.45. The fourth-order valence-corrected chi connectivity index (χ4v) is 0.950. The summed E-state index contributed by atoms with van der Waals surface area (Å²) in [5.41, 5.74) is 0.792. The van der Waals surface area contributed by atoms with Crippen LogP contribution in [0.25, 0.3) is 0 Å². The van der Waals surface area contributed by atoms with E-state index in [2.05, 4.69) is 4.72 Å². The molecule has 0 saturated carbocycles. The maximum Gasteiger partial charge on any atom is 0.385 e. The summed E-state index contributed by atoms with van der Waals surface area (Å²) in [6.45, 7) is 0. The second kappa shape index (κ2) is 3.88. The van der Waals surface area contributed by atoms with Crippen molar-refractivity contribution in [1.82, 2.24) is 0 Å². The van der Waals surface area contributed by atoms with Crippen molar-refractivity contribution in [2.75, 3.05) is 4.72 Å². The quantitative estimate of drug-likeness (QED) is 0.667. The number of nitrogens with one attached hydrogen (secondary N) is 1. The van der Waals surface area contributed by atoms with Gasteiger partial charge in [0.2, 0.25) is 0 Å². The number of carboxylic acid groups (broad SMARTS) is 1. The molecule has 0 aliphatic heterocycles. The highest BCUT2D eigenvalue weighted by Crippen LogP contribution is 2.11. The summed E-state index contributed by atoms with van der Waals surface area (Å²) in [6, 6.07) is 9.15. The van der Waals surface area contributed by atoms with E-state index in [1.165, 1.54) is 0 Å². The average Bonchev–Trinajstić information content (AvgIpc) is 2.03. The highest BCUT2D eigenvalue weighted by atomic mass is 32.2. The average molecular weight is 169 g/mol. The van der Waals surface area contributed by atoms with Gasteiger partial charge in [0.25, 0.3) is 0 Å². The minimum Gasteiger partial charge on any atom is -0.472 e. The third kappa shape index (κ3) is 2.95. The summed E-state index contributed by atoms with van der Waals surface area (Å²) >= 11 is 0.651. The lowest BCUT2D eigenvalue weighted by atomic mass is 10.3. The highest BCUT2D eigenvalue weighted by molar-refractivity contribution is 8.14. The zero-order valence-corrected chi connectivity index (χ0v) is 6.47. The molecular formula is C7H7NO2S. The Morgan fingerprint density at radius 3 is 2.55 bits per heavy atom. The van der Waals surface area contributed by atoms with Gasteiger partial charge in [-0.2, -0.15) is 0 Å². The van der Waals surface area contributed by atoms with Crippen molar-refractivity contribution in [1.29, 1.82) is 0 Å². The van der Waals surface area contributed by atoms with E-state index >= 15 is 0 Å². The fourth-order valence-electron chi connectivity index (χ4n) is 0.609. The third-order valence-electron chi connectivity index (χ3n) is 1.03. The van der Waals surface area contributed by atoms with E-state index < -0.39 is 5.30 Å². The van der Waals surface area contributed by atoms with Gasteiger partial charge in [-0.05, 0) is 12.1 Å². The molecule has 11 heavy (non-hydrogen) atoms. The first-order valence-electron chi connectivity index (χ1n) is 3.00. The Bertz CT molecular complexity index is 237. The zero-order valence-electron chi connectivity index (χ0n) is 5.65. The molecule has 0 amide bonds. The van der Waals surface area contributed by atoms with Crippen molar-refractivity contribution < 1.29 is 9.90 Å². The van der Waals surface area contributed by atoms with Gasteiger partial charge in [-0.25, -0.2) is 4.79 Å². The van der Waals surface area contributed by atoms with Crippen LogP contribution < -0.4 is 4.72 Å². The van der Waals surface area contributed by atoms with Gasteiger partial charge in [0.1, 0.15) is 0 Å². The predicted molar refractivity (Wildman–Crippen MR) is 45.7 cm³/mol. The molecule has 0 atom stereocenters. The first-order valence-corrected chi connectivity index (χ1v) is 3.81. The number of benzene rings is 1. The molecule has 0 radical (unpaired) electrons. The first-order chi connectivity index (χ1) is 5.29. The van der Waals surface area contributed by atoms with E-state index in [-0.39, 0.29) is 0 Å². The minimum absolute atomic E-state index is 0.651. The molecule has 0 aliphatic rings. The van der Waals surface area contributed by atoms with Crippen molar-refractivity contribution in [2.24, 2.45) is 0 Å². The topological polar surface area (TPSA) is 49.3 Å². The summed E-state index contributed by atoms with van der Waals surface area (Å²) in [4.78, 5) is 10.1. The maximum atomic E-state index is 10.1. The number of rotatable bonds is 2. The van der Waals surface area contributed by atoms with Crippen LogP contribution in [-0.2, 0) is 0 Å². The minimum atomic E-state index is -0.936. The van der Waals surface area contributed by atoms with Gasteiger partial charge in [0, 0.05) is 5.69 Å². The molecule has 3 nitrogen and oxygen atoms in total. The van der Waals surface area contributed by atoms with E-state index in [1.54, 1.807) is 12.1 Å². The SMILES string of the molecule is O=C(O)SNc1ccccc1. The van der Waals surface area contributed by atoms with E-state index in [4.69, 9.17) is 5.11 Å². The number of hydrogen-bond donors (Lipinski definition) is 2. The lowest BCUT2D eigenvalue weighted by molar-refractivity contribution is 0.222. The van der Waals surface area contributed by atoms with Crippen molar-refractivity contribution in [3.8, 4) is 0 Å². The van der Waals surface area contributed by atoms with Crippen molar-refractivity contribution >= 4 is 22.9 Å². The molecule has 0 aliphatic carbocycles. The molecule has 0 unspecified atom stereocenters. The Labute approximate surface area is 68.6 Å². The van der Waals surface area contributed by atoms with Gasteiger partial charge >= 0.3 is 5.30 Å². The molecule has 1 aromatic rings. The van der Waals surface area contributed by atoms with E-state index in [0.29, 0.717) is 11.9 Å². The molecule has 2 N–H and O–H groups in total. The highest BCUT2D eigenvalue weighted by Gasteiger charge is 1.95. The van der Waals surface area contributed by atoms with Gasteiger partial charge in [0.15, 0.2) is 0 Å². The largest absolute Gasteiger partial charge is 0.472 e. The third-order valence-corrected chi connectivity index (χ3v) is 1.54. The molecule has 0 heterocycles. The first kappa shape index (κ1) is 7.94. The molecule has 0 saturated heterocycles. The molecule has 4 heteroatoms. The molecular weight excluding hydrogens is 162 g/mol. The van der Waals surface area contributed by atoms with E-state index in [1.807, 2.05) is 18.2 Å². The summed E-state index contributed by atoms with van der Waals surface area (Å²) < 4.78 is 2.66. The second-order valence-corrected chi connectivity index (χ2v) is 2.59. The van der Waals surface area contributed by atoms with Gasteiger partial charge in [-0.1, -0.05) is 18.2 Å². The Morgan fingerprint density at radius 1 is 1.36 bits per heavy atom. The number of carbonyl (C=O) groups is 1. The summed E-state index contributed by atoms with van der Waals surface area (Å²) in [5, 5.41) is 7.34. The Hall–Kier alpha value is -1.16. The summed E-state index contributed by atoms with van der Waals surface area (Å²) in [7, 11) is 0. The number of hydrogen-bond acceptors (Lipinski definition) is 3. The van der Waals surface area contributed by atoms with Crippen LogP contribution in [0.5, 0.6) is 0 Å². The van der Waals surface area contributed by atoms with Gasteiger partial charge in [-0.3, -0.25) is 0 Å². The maximum absolute atomic E-state index is 10.1. The van der Waals surface area contributed by atoms with Crippen LogP contribution in [0.4, 0.5) is 10.5 Å². The van der Waals surface area contributed by atoms with E-state index in [0.717, 1.165) is 5.69 Å². The zero-order chi connectivity index (χ0) is 8.10. The normalized spacial score (nSPS) is 9.09. The van der Waals surface area contributed by atoms with Crippen LogP contribution in [0.3, 0.4) is 0 Å². The molecule has 1 aromatic carbocycles. The van der Waals surface area contributed by atoms with Crippen LogP contribution in [0, 0.1) is 0 Å². The van der Waals surface area contributed by atoms with Gasteiger partial charge in [-0.15, -0.1) is 0 Å². The standard InChI is InChI=1S/C7H7NO2S/c9-7(10)11-8-6-4-2-1-3-5-6/h1-5,8H,(H,9,10). The Morgan fingerprint density at radius 2 is 2.00 bits per heavy atom. The molecule has 0 spiro atoms. The molecule has 1 rings (SSSR count). The van der Waals surface area contributed by atoms with Gasteiger partial charge < -0.3 is 9.83 Å². The van der Waals surface area contributed by atoms with Crippen molar-refractivity contribution in [2.45, 2.75) is 0 Å². The fraction of sp³-hybridized carbons (Fsp3) is 0. The second-order valence-electron chi connectivity index (χ2n) is 1.84. The summed E-state index contributed by atoms with van der Waals surface area (Å²) in [5.74, 6) is 0. The van der Waals surface area contributed by atoms with E-state index in [9.17, 15) is 4.79 Å². The number of para-hydroxylation sites is 1. The Kier molecular flexibility index (Phi) is 2.80. The van der Waals surface area contributed by atoms with Crippen LogP contribution in [0.1, 0.15) is 0 Å². The van der Waals surface area contributed by atoms with Crippen LogP contribution in [-0.4, -0.2) is 10.4 Å². The molecule has 0 aromatic heterocycles. The van der Waals surface area contributed by atoms with Crippen LogP contribution in [0.15, 0.2) is 30.3 Å². The van der Waals surface area contributed by atoms with Crippen molar-refractivity contribution in [3.05, 3.63) is 30.3 Å². The lowest BCUT2D eigenvalue weighted by Crippen LogP contribution is -1.91. The smallest absolute Gasteiger partial charge is 0.385 e.